The van der Waals surface area contributed by atoms with Crippen molar-refractivity contribution < 1.29 is 19.0 Å². The number of rotatable bonds is 7. The predicted octanol–water partition coefficient (Wildman–Crippen LogP) is 5.07. The number of carbonyl (C=O) groups excluding carboxylic acids is 1. The molecule has 29 heavy (non-hydrogen) atoms. The molecule has 0 saturated carbocycles. The fraction of sp³-hybridized carbons (Fsp3) is 0.348. The van der Waals surface area contributed by atoms with Crippen LogP contribution in [0.5, 0.6) is 5.75 Å². The summed E-state index contributed by atoms with van der Waals surface area (Å²) in [5.74, 6) is 0.289. The summed E-state index contributed by atoms with van der Waals surface area (Å²) in [7, 11) is 2.82. The number of nitrogens with zero attached hydrogens (tertiary/aromatic N) is 1. The third-order valence-electron chi connectivity index (χ3n) is 4.93. The van der Waals surface area contributed by atoms with Crippen LogP contribution in [0.15, 0.2) is 48.7 Å². The van der Waals surface area contributed by atoms with Gasteiger partial charge < -0.3 is 19.1 Å². The van der Waals surface area contributed by atoms with E-state index < -0.39 is 5.97 Å². The number of halogens is 1. The van der Waals surface area contributed by atoms with Gasteiger partial charge in [0, 0.05) is 29.9 Å². The maximum absolute atomic E-state index is 12.2. The minimum Gasteiger partial charge on any atom is -0.503 e. The number of carbonyl (C=O) groups is 1. The average molecular weight is 416 g/mol. The highest BCUT2D eigenvalue weighted by Gasteiger charge is 2.18. The maximum atomic E-state index is 12.2. The van der Waals surface area contributed by atoms with Gasteiger partial charge in [0.05, 0.1) is 20.5 Å². The Morgan fingerprint density at radius 3 is 2.62 bits per heavy atom. The number of methoxy groups -OCH3 is 2. The molecule has 154 valence electrons. The Bertz CT molecular complexity index is 875. The van der Waals surface area contributed by atoms with Crippen molar-refractivity contribution in [2.45, 2.75) is 25.9 Å². The highest BCUT2D eigenvalue weighted by Crippen LogP contribution is 2.28. The summed E-state index contributed by atoms with van der Waals surface area (Å²) in [6, 6.07) is 13.4. The Hall–Kier alpha value is -2.66. The molecule has 0 N–H and O–H groups in total. The standard InChI is InChI=1S/C23H26ClNO4/c1-27-16-22(23(26)28-2)21-10-9-18(24)13-17(21)15-29-20-8-6-7-19(14-20)25-11-4-3-5-12-25/h6-10,13-14,16H,3-5,11-12,15H2,1-2H3/b22-16+. The normalized spacial score (nSPS) is 14.4. The van der Waals surface area contributed by atoms with Crippen molar-refractivity contribution in [1.82, 2.24) is 0 Å². The summed E-state index contributed by atoms with van der Waals surface area (Å²) in [5.41, 5.74) is 2.92. The van der Waals surface area contributed by atoms with Crippen molar-refractivity contribution in [3.8, 4) is 5.75 Å². The van der Waals surface area contributed by atoms with E-state index in [-0.39, 0.29) is 6.61 Å². The van der Waals surface area contributed by atoms with Crippen LogP contribution in [0.3, 0.4) is 0 Å². The zero-order valence-corrected chi connectivity index (χ0v) is 17.6. The third-order valence-corrected chi connectivity index (χ3v) is 5.17. The van der Waals surface area contributed by atoms with Crippen LogP contribution in [0.25, 0.3) is 5.57 Å². The lowest BCUT2D eigenvalue weighted by Gasteiger charge is -2.29. The molecule has 2 aromatic carbocycles. The molecule has 0 aliphatic carbocycles. The molecule has 0 unspecified atom stereocenters. The smallest absolute Gasteiger partial charge is 0.341 e. The van der Waals surface area contributed by atoms with Crippen molar-refractivity contribution in [1.29, 1.82) is 0 Å². The fourth-order valence-electron chi connectivity index (χ4n) is 3.48. The van der Waals surface area contributed by atoms with Crippen LogP contribution < -0.4 is 9.64 Å². The molecule has 1 aliphatic heterocycles. The number of piperidine rings is 1. The van der Waals surface area contributed by atoms with E-state index >= 15 is 0 Å². The van der Waals surface area contributed by atoms with Gasteiger partial charge in [-0.05, 0) is 54.7 Å². The topological polar surface area (TPSA) is 48.0 Å². The molecule has 6 heteroatoms. The van der Waals surface area contributed by atoms with Gasteiger partial charge in [0.15, 0.2) is 0 Å². The summed E-state index contributed by atoms with van der Waals surface area (Å²) in [5, 5.41) is 0.566. The van der Waals surface area contributed by atoms with E-state index in [1.807, 2.05) is 12.1 Å². The molecule has 1 fully saturated rings. The number of benzene rings is 2. The first-order valence-corrected chi connectivity index (χ1v) is 10.1. The van der Waals surface area contributed by atoms with E-state index in [9.17, 15) is 4.79 Å². The van der Waals surface area contributed by atoms with Gasteiger partial charge >= 0.3 is 5.97 Å². The quantitative estimate of drug-likeness (QED) is 0.359. The average Bonchev–Trinajstić information content (AvgIpc) is 2.77. The lowest BCUT2D eigenvalue weighted by molar-refractivity contribution is -0.133. The van der Waals surface area contributed by atoms with E-state index in [0.717, 1.165) is 24.4 Å². The van der Waals surface area contributed by atoms with Gasteiger partial charge in [-0.1, -0.05) is 23.7 Å². The molecular formula is C23H26ClNO4. The summed E-state index contributed by atoms with van der Waals surface area (Å²) in [6.45, 7) is 2.41. The van der Waals surface area contributed by atoms with Crippen molar-refractivity contribution in [2.75, 3.05) is 32.2 Å². The molecule has 2 aromatic rings. The largest absolute Gasteiger partial charge is 0.503 e. The molecule has 3 rings (SSSR count). The van der Waals surface area contributed by atoms with Gasteiger partial charge in [0.2, 0.25) is 0 Å². The molecule has 5 nitrogen and oxygen atoms in total. The van der Waals surface area contributed by atoms with E-state index in [1.165, 1.54) is 45.4 Å². The predicted molar refractivity (Wildman–Crippen MR) is 115 cm³/mol. The molecule has 1 heterocycles. The number of hydrogen-bond donors (Lipinski definition) is 0. The van der Waals surface area contributed by atoms with E-state index in [2.05, 4.69) is 17.0 Å². The van der Waals surface area contributed by atoms with Crippen molar-refractivity contribution >= 4 is 28.8 Å². The zero-order valence-electron chi connectivity index (χ0n) is 16.8. The molecular weight excluding hydrogens is 390 g/mol. The second-order valence-electron chi connectivity index (χ2n) is 6.89. The molecule has 0 radical (unpaired) electrons. The second-order valence-corrected chi connectivity index (χ2v) is 7.33. The monoisotopic (exact) mass is 415 g/mol. The lowest BCUT2D eigenvalue weighted by Crippen LogP contribution is -2.29. The van der Waals surface area contributed by atoms with Gasteiger partial charge in [0.25, 0.3) is 0 Å². The van der Waals surface area contributed by atoms with Crippen LogP contribution in [-0.4, -0.2) is 33.3 Å². The zero-order chi connectivity index (χ0) is 20.6. The third kappa shape index (κ3) is 5.45. The molecule has 0 atom stereocenters. The summed E-state index contributed by atoms with van der Waals surface area (Å²) in [4.78, 5) is 14.6. The summed E-state index contributed by atoms with van der Waals surface area (Å²) >= 11 is 6.19. The minimum atomic E-state index is -0.484. The van der Waals surface area contributed by atoms with Crippen LogP contribution in [0, 0.1) is 0 Å². The SMILES string of the molecule is CO/C=C(/C(=O)OC)c1ccc(Cl)cc1COc1cccc(N2CCCCC2)c1. The Balaban J connectivity index is 1.81. The highest BCUT2D eigenvalue weighted by molar-refractivity contribution is 6.30. The molecule has 0 bridgehead atoms. The van der Waals surface area contributed by atoms with Crippen LogP contribution >= 0.6 is 11.6 Å². The first-order valence-electron chi connectivity index (χ1n) is 9.70. The maximum Gasteiger partial charge on any atom is 0.341 e. The highest BCUT2D eigenvalue weighted by atomic mass is 35.5. The van der Waals surface area contributed by atoms with Crippen LogP contribution in [-0.2, 0) is 20.9 Å². The Kier molecular flexibility index (Phi) is 7.42. The molecule has 1 saturated heterocycles. The molecule has 0 aromatic heterocycles. The van der Waals surface area contributed by atoms with Gasteiger partial charge in [0.1, 0.15) is 17.9 Å². The van der Waals surface area contributed by atoms with Crippen LogP contribution in [0.4, 0.5) is 5.69 Å². The van der Waals surface area contributed by atoms with Crippen LogP contribution in [0.1, 0.15) is 30.4 Å². The number of esters is 1. The first kappa shape index (κ1) is 21.1. The van der Waals surface area contributed by atoms with Crippen molar-refractivity contribution in [2.24, 2.45) is 0 Å². The van der Waals surface area contributed by atoms with Gasteiger partial charge in [-0.15, -0.1) is 0 Å². The molecule has 1 aliphatic rings. The van der Waals surface area contributed by atoms with Crippen molar-refractivity contribution in [3.63, 3.8) is 0 Å². The Labute approximate surface area is 176 Å². The molecule has 0 spiro atoms. The minimum absolute atomic E-state index is 0.261. The van der Waals surface area contributed by atoms with Gasteiger partial charge in [-0.2, -0.15) is 0 Å². The van der Waals surface area contributed by atoms with Crippen LogP contribution in [0.2, 0.25) is 5.02 Å². The number of anilines is 1. The van der Waals surface area contributed by atoms with Gasteiger partial charge in [-0.25, -0.2) is 4.79 Å². The summed E-state index contributed by atoms with van der Waals surface area (Å²) < 4.78 is 16.0. The number of ether oxygens (including phenoxy) is 3. The van der Waals surface area contributed by atoms with Crippen molar-refractivity contribution in [3.05, 3.63) is 64.9 Å². The molecule has 0 amide bonds. The Morgan fingerprint density at radius 1 is 1.10 bits per heavy atom. The lowest BCUT2D eigenvalue weighted by atomic mass is 10.0. The second kappa shape index (κ2) is 10.2. The number of hydrogen-bond acceptors (Lipinski definition) is 5. The van der Waals surface area contributed by atoms with E-state index in [0.29, 0.717) is 16.2 Å². The Morgan fingerprint density at radius 2 is 1.90 bits per heavy atom. The van der Waals surface area contributed by atoms with E-state index in [1.54, 1.807) is 18.2 Å². The first-order chi connectivity index (χ1) is 14.1. The summed E-state index contributed by atoms with van der Waals surface area (Å²) in [6.07, 6.45) is 5.11. The fourth-order valence-corrected chi connectivity index (χ4v) is 3.67. The van der Waals surface area contributed by atoms with E-state index in [4.69, 9.17) is 25.8 Å². The van der Waals surface area contributed by atoms with Gasteiger partial charge in [-0.3, -0.25) is 0 Å².